The number of nitrogens with zero attached hydrogens (tertiary/aromatic N) is 4. The van der Waals surface area contributed by atoms with Gasteiger partial charge in [0.25, 0.3) is 0 Å². The van der Waals surface area contributed by atoms with E-state index >= 15 is 0 Å². The van der Waals surface area contributed by atoms with Gasteiger partial charge in [0, 0.05) is 34.0 Å². The number of rotatable bonds is 6. The SMILES string of the molecule is Cc1cc(C)c2nc(NC(=O)CCc3nc4cc(S(=O)(=O)N(C)C)ccc4n3C)sc2c1. The predicted octanol–water partition coefficient (Wildman–Crippen LogP) is 3.62. The van der Waals surface area contributed by atoms with Gasteiger partial charge < -0.3 is 9.88 Å². The van der Waals surface area contributed by atoms with Crippen molar-refractivity contribution in [1.29, 1.82) is 0 Å². The van der Waals surface area contributed by atoms with Gasteiger partial charge in [-0.05, 0) is 49.2 Å². The van der Waals surface area contributed by atoms with Crippen LogP contribution in [-0.4, -0.2) is 47.3 Å². The molecule has 0 saturated carbocycles. The van der Waals surface area contributed by atoms with Crippen LogP contribution in [0.15, 0.2) is 35.2 Å². The summed E-state index contributed by atoms with van der Waals surface area (Å²) in [5, 5.41) is 3.47. The lowest BCUT2D eigenvalue weighted by atomic mass is 10.1. The van der Waals surface area contributed by atoms with Crippen LogP contribution >= 0.6 is 11.3 Å². The molecule has 2 aromatic heterocycles. The van der Waals surface area contributed by atoms with Gasteiger partial charge in [-0.25, -0.2) is 22.7 Å². The maximum atomic E-state index is 12.5. The lowest BCUT2D eigenvalue weighted by Gasteiger charge is -2.10. The van der Waals surface area contributed by atoms with Gasteiger partial charge in [-0.15, -0.1) is 0 Å². The Balaban J connectivity index is 1.49. The minimum Gasteiger partial charge on any atom is -0.331 e. The van der Waals surface area contributed by atoms with Gasteiger partial charge in [0.15, 0.2) is 5.13 Å². The average Bonchev–Trinajstić information content (AvgIpc) is 3.26. The number of benzene rings is 2. The third-order valence-corrected chi connectivity index (χ3v) is 8.10. The first kappa shape index (κ1) is 22.4. The summed E-state index contributed by atoms with van der Waals surface area (Å²) >= 11 is 1.46. The van der Waals surface area contributed by atoms with Gasteiger partial charge in [0.2, 0.25) is 15.9 Å². The summed E-state index contributed by atoms with van der Waals surface area (Å²) in [5.74, 6) is 0.576. The van der Waals surface area contributed by atoms with Crippen LogP contribution in [0.25, 0.3) is 21.3 Å². The smallest absolute Gasteiger partial charge is 0.242 e. The monoisotopic (exact) mass is 471 g/mol. The van der Waals surface area contributed by atoms with E-state index in [4.69, 9.17) is 0 Å². The molecule has 0 saturated heterocycles. The van der Waals surface area contributed by atoms with Crippen molar-refractivity contribution >= 4 is 53.6 Å². The second-order valence-corrected chi connectivity index (χ2v) is 11.2. The largest absolute Gasteiger partial charge is 0.331 e. The quantitative estimate of drug-likeness (QED) is 0.463. The highest BCUT2D eigenvalue weighted by molar-refractivity contribution is 7.89. The van der Waals surface area contributed by atoms with E-state index in [-0.39, 0.29) is 17.2 Å². The molecule has 32 heavy (non-hydrogen) atoms. The fraction of sp³-hybridized carbons (Fsp3) is 0.318. The molecule has 1 N–H and O–H groups in total. The number of imidazole rings is 1. The fourth-order valence-corrected chi connectivity index (χ4v) is 5.64. The summed E-state index contributed by atoms with van der Waals surface area (Å²) in [6, 6.07) is 9.04. The van der Waals surface area contributed by atoms with Crippen LogP contribution in [0, 0.1) is 13.8 Å². The Bertz CT molecular complexity index is 1450. The van der Waals surface area contributed by atoms with Crippen molar-refractivity contribution in [2.24, 2.45) is 7.05 Å². The lowest BCUT2D eigenvalue weighted by molar-refractivity contribution is -0.116. The van der Waals surface area contributed by atoms with Gasteiger partial charge in [0.1, 0.15) is 5.82 Å². The van der Waals surface area contributed by atoms with Gasteiger partial charge in [-0.3, -0.25) is 4.79 Å². The normalized spacial score (nSPS) is 12.2. The number of aryl methyl sites for hydroxylation is 4. The Morgan fingerprint density at radius 1 is 1.16 bits per heavy atom. The number of hydrogen-bond acceptors (Lipinski definition) is 6. The molecule has 168 valence electrons. The van der Waals surface area contributed by atoms with E-state index in [0.717, 1.165) is 21.3 Å². The summed E-state index contributed by atoms with van der Waals surface area (Å²) in [7, 11) is 1.32. The van der Waals surface area contributed by atoms with Crippen LogP contribution in [0.3, 0.4) is 0 Å². The van der Waals surface area contributed by atoms with E-state index in [0.29, 0.717) is 22.9 Å². The summed E-state index contributed by atoms with van der Waals surface area (Å²) in [5.41, 5.74) is 4.57. The molecule has 0 radical (unpaired) electrons. The second-order valence-electron chi connectivity index (χ2n) is 8.02. The molecule has 0 bridgehead atoms. The number of nitrogens with one attached hydrogen (secondary N) is 1. The summed E-state index contributed by atoms with van der Waals surface area (Å²) in [6.45, 7) is 4.06. The molecule has 0 spiro atoms. The van der Waals surface area contributed by atoms with Crippen molar-refractivity contribution in [1.82, 2.24) is 18.8 Å². The number of anilines is 1. The zero-order valence-corrected chi connectivity index (χ0v) is 20.3. The summed E-state index contributed by atoms with van der Waals surface area (Å²) in [4.78, 5) is 21.8. The third kappa shape index (κ3) is 4.13. The molecule has 4 aromatic rings. The van der Waals surface area contributed by atoms with E-state index in [1.807, 2.05) is 25.5 Å². The first-order valence-electron chi connectivity index (χ1n) is 10.1. The Hall–Kier alpha value is -2.82. The van der Waals surface area contributed by atoms with Crippen molar-refractivity contribution in [2.75, 3.05) is 19.4 Å². The molecule has 0 aliphatic carbocycles. The molecule has 2 aromatic carbocycles. The van der Waals surface area contributed by atoms with Crippen LogP contribution in [0.2, 0.25) is 0 Å². The molecule has 4 rings (SSSR count). The van der Waals surface area contributed by atoms with Crippen LogP contribution in [0.5, 0.6) is 0 Å². The molecule has 2 heterocycles. The Kier molecular flexibility index (Phi) is 5.78. The first-order chi connectivity index (χ1) is 15.1. The highest BCUT2D eigenvalue weighted by atomic mass is 32.2. The number of hydrogen-bond donors (Lipinski definition) is 1. The van der Waals surface area contributed by atoms with Crippen LogP contribution in [-0.2, 0) is 28.3 Å². The minimum atomic E-state index is -3.54. The van der Waals surface area contributed by atoms with Crippen molar-refractivity contribution in [3.05, 3.63) is 47.3 Å². The van der Waals surface area contributed by atoms with Gasteiger partial charge in [0.05, 0.1) is 26.1 Å². The number of fused-ring (bicyclic) bond motifs is 2. The number of carbonyl (C=O) groups is 1. The molecule has 0 unspecified atom stereocenters. The highest BCUT2D eigenvalue weighted by Crippen LogP contribution is 2.29. The maximum Gasteiger partial charge on any atom is 0.242 e. The molecule has 0 aliphatic rings. The van der Waals surface area contributed by atoms with Crippen LogP contribution in [0.1, 0.15) is 23.4 Å². The lowest BCUT2D eigenvalue weighted by Crippen LogP contribution is -2.22. The molecule has 0 atom stereocenters. The van der Waals surface area contributed by atoms with Crippen LogP contribution in [0.4, 0.5) is 5.13 Å². The molecule has 1 amide bonds. The van der Waals surface area contributed by atoms with E-state index in [1.165, 1.54) is 35.3 Å². The predicted molar refractivity (Wildman–Crippen MR) is 128 cm³/mol. The average molecular weight is 472 g/mol. The number of sulfonamides is 1. The maximum absolute atomic E-state index is 12.5. The van der Waals surface area contributed by atoms with Gasteiger partial charge in [-0.2, -0.15) is 0 Å². The highest BCUT2D eigenvalue weighted by Gasteiger charge is 2.19. The zero-order chi connectivity index (χ0) is 23.2. The van der Waals surface area contributed by atoms with Crippen molar-refractivity contribution in [2.45, 2.75) is 31.6 Å². The second kappa shape index (κ2) is 8.27. The van der Waals surface area contributed by atoms with Gasteiger partial charge in [-0.1, -0.05) is 17.4 Å². The summed E-state index contributed by atoms with van der Waals surface area (Å²) in [6.07, 6.45) is 0.670. The third-order valence-electron chi connectivity index (χ3n) is 5.38. The molecular formula is C22H25N5O3S2. The van der Waals surface area contributed by atoms with E-state index in [2.05, 4.69) is 27.4 Å². The minimum absolute atomic E-state index is 0.138. The standard InChI is InChI=1S/C22H25N5O3S2/c1-13-10-14(2)21-18(11-13)31-22(25-21)24-20(28)9-8-19-23-16-12-15(32(29,30)26(3)4)6-7-17(16)27(19)5/h6-7,10-12H,8-9H2,1-5H3,(H,24,25,28). The topological polar surface area (TPSA) is 97.2 Å². The molecule has 10 heteroatoms. The van der Waals surface area contributed by atoms with Crippen molar-refractivity contribution in [3.63, 3.8) is 0 Å². The van der Waals surface area contributed by atoms with E-state index in [1.54, 1.807) is 18.2 Å². The van der Waals surface area contributed by atoms with Gasteiger partial charge >= 0.3 is 0 Å². The number of carbonyl (C=O) groups excluding carboxylic acids is 1. The Morgan fingerprint density at radius 2 is 1.91 bits per heavy atom. The Morgan fingerprint density at radius 3 is 2.62 bits per heavy atom. The van der Waals surface area contributed by atoms with Crippen molar-refractivity contribution in [3.8, 4) is 0 Å². The molecular weight excluding hydrogens is 446 g/mol. The summed E-state index contributed by atoms with van der Waals surface area (Å²) < 4.78 is 28.9. The number of amides is 1. The Labute approximate surface area is 191 Å². The first-order valence-corrected chi connectivity index (χ1v) is 12.4. The molecule has 0 fully saturated rings. The fourth-order valence-electron chi connectivity index (χ4n) is 3.66. The zero-order valence-electron chi connectivity index (χ0n) is 18.6. The molecule has 8 nitrogen and oxygen atoms in total. The van der Waals surface area contributed by atoms with E-state index in [9.17, 15) is 13.2 Å². The number of thiazole rings is 1. The number of aromatic nitrogens is 3. The van der Waals surface area contributed by atoms with Crippen molar-refractivity contribution < 1.29 is 13.2 Å². The van der Waals surface area contributed by atoms with Crippen LogP contribution < -0.4 is 5.32 Å². The van der Waals surface area contributed by atoms with E-state index < -0.39 is 10.0 Å². The molecule has 0 aliphatic heterocycles.